The molecule has 1 amide bonds. The second kappa shape index (κ2) is 11.5. The van der Waals surface area contributed by atoms with Gasteiger partial charge >= 0.3 is 13.1 Å². The first-order chi connectivity index (χ1) is 9.90. The van der Waals surface area contributed by atoms with E-state index >= 15 is 0 Å². The SMILES string of the molecule is CCCCB(O)O.NCC(=O)NC1CCNC(C(=O)O)C1. The molecule has 7 N–H and O–H groups in total. The average molecular weight is 303 g/mol. The molecule has 1 rings (SSSR count). The lowest BCUT2D eigenvalue weighted by Crippen LogP contribution is -2.51. The Labute approximate surface area is 125 Å². The number of carboxylic acids is 1. The molecule has 0 aromatic rings. The first-order valence-electron chi connectivity index (χ1n) is 7.22. The maximum absolute atomic E-state index is 11.0. The van der Waals surface area contributed by atoms with Crippen molar-refractivity contribution in [2.24, 2.45) is 5.73 Å². The number of unbranched alkanes of at least 4 members (excludes halogenated alkanes) is 1. The van der Waals surface area contributed by atoms with Gasteiger partial charge in [0.25, 0.3) is 0 Å². The summed E-state index contributed by atoms with van der Waals surface area (Å²) in [5.41, 5.74) is 5.14. The van der Waals surface area contributed by atoms with E-state index < -0.39 is 19.1 Å². The molecular formula is C12H26BN3O5. The van der Waals surface area contributed by atoms with Gasteiger partial charge < -0.3 is 31.5 Å². The zero-order chi connectivity index (χ0) is 16.3. The largest absolute Gasteiger partial charge is 0.480 e. The highest BCUT2D eigenvalue weighted by Crippen LogP contribution is 2.08. The van der Waals surface area contributed by atoms with Gasteiger partial charge in [-0.25, -0.2) is 0 Å². The molecule has 0 bridgehead atoms. The Morgan fingerprint density at radius 2 is 2.10 bits per heavy atom. The van der Waals surface area contributed by atoms with Crippen LogP contribution in [-0.2, 0) is 9.59 Å². The van der Waals surface area contributed by atoms with Crippen LogP contribution in [0.25, 0.3) is 0 Å². The summed E-state index contributed by atoms with van der Waals surface area (Å²) < 4.78 is 0. The molecule has 2 atom stereocenters. The number of aliphatic carboxylic acids is 1. The molecule has 0 aromatic carbocycles. The molecule has 21 heavy (non-hydrogen) atoms. The number of rotatable bonds is 6. The summed E-state index contributed by atoms with van der Waals surface area (Å²) in [5, 5.41) is 30.8. The van der Waals surface area contributed by atoms with Gasteiger partial charge in [-0.2, -0.15) is 0 Å². The Hall–Kier alpha value is -1.16. The van der Waals surface area contributed by atoms with Gasteiger partial charge in [0.15, 0.2) is 0 Å². The van der Waals surface area contributed by atoms with Gasteiger partial charge in [0.05, 0.1) is 6.54 Å². The van der Waals surface area contributed by atoms with Gasteiger partial charge in [-0.05, 0) is 25.7 Å². The number of hydrogen-bond acceptors (Lipinski definition) is 6. The molecule has 1 saturated heterocycles. The van der Waals surface area contributed by atoms with Crippen LogP contribution in [0.4, 0.5) is 0 Å². The molecule has 1 aliphatic rings. The van der Waals surface area contributed by atoms with E-state index in [0.717, 1.165) is 19.3 Å². The fourth-order valence-corrected chi connectivity index (χ4v) is 1.91. The minimum atomic E-state index is -1.10. The second-order valence-electron chi connectivity index (χ2n) is 4.96. The minimum absolute atomic E-state index is 0.0539. The number of carboxylic acid groups (broad SMARTS) is 1. The third-order valence-corrected chi connectivity index (χ3v) is 3.07. The predicted molar refractivity (Wildman–Crippen MR) is 79.6 cm³/mol. The van der Waals surface area contributed by atoms with Crippen LogP contribution < -0.4 is 16.4 Å². The van der Waals surface area contributed by atoms with Crippen LogP contribution in [0.1, 0.15) is 32.6 Å². The van der Waals surface area contributed by atoms with Crippen molar-refractivity contribution in [3.63, 3.8) is 0 Å². The molecule has 1 fully saturated rings. The fourth-order valence-electron chi connectivity index (χ4n) is 1.91. The molecule has 122 valence electrons. The molecule has 0 radical (unpaired) electrons. The molecule has 8 nitrogen and oxygen atoms in total. The van der Waals surface area contributed by atoms with Crippen molar-refractivity contribution in [1.29, 1.82) is 0 Å². The van der Waals surface area contributed by atoms with Crippen molar-refractivity contribution in [1.82, 2.24) is 10.6 Å². The van der Waals surface area contributed by atoms with Gasteiger partial charge in [0.2, 0.25) is 5.91 Å². The molecule has 9 heteroatoms. The molecule has 1 aliphatic heterocycles. The van der Waals surface area contributed by atoms with E-state index in [1.165, 1.54) is 0 Å². The highest BCUT2D eigenvalue weighted by Gasteiger charge is 2.26. The predicted octanol–water partition coefficient (Wildman–Crippen LogP) is -1.47. The van der Waals surface area contributed by atoms with Crippen LogP contribution in [0.15, 0.2) is 0 Å². The fraction of sp³-hybridized carbons (Fsp3) is 0.833. The van der Waals surface area contributed by atoms with Gasteiger partial charge in [-0.15, -0.1) is 0 Å². The van der Waals surface area contributed by atoms with Gasteiger partial charge in [0.1, 0.15) is 6.04 Å². The zero-order valence-corrected chi connectivity index (χ0v) is 12.4. The third kappa shape index (κ3) is 10.2. The van der Waals surface area contributed by atoms with Crippen LogP contribution >= 0.6 is 0 Å². The minimum Gasteiger partial charge on any atom is -0.480 e. The Balaban J connectivity index is 0.000000486. The summed E-state index contributed by atoms with van der Waals surface area (Å²) >= 11 is 0. The van der Waals surface area contributed by atoms with Crippen LogP contribution in [0.3, 0.4) is 0 Å². The lowest BCUT2D eigenvalue weighted by Gasteiger charge is -2.28. The van der Waals surface area contributed by atoms with E-state index in [4.69, 9.17) is 20.9 Å². The van der Waals surface area contributed by atoms with E-state index in [1.54, 1.807) is 0 Å². The van der Waals surface area contributed by atoms with Crippen LogP contribution in [0, 0.1) is 0 Å². The quantitative estimate of drug-likeness (QED) is 0.328. The molecule has 1 heterocycles. The van der Waals surface area contributed by atoms with Crippen molar-refractivity contribution in [2.45, 2.75) is 51.0 Å². The first kappa shape index (κ1) is 19.8. The molecule has 0 aromatic heterocycles. The number of nitrogens with one attached hydrogen (secondary N) is 2. The van der Waals surface area contributed by atoms with E-state index in [9.17, 15) is 9.59 Å². The summed E-state index contributed by atoms with van der Waals surface area (Å²) in [4.78, 5) is 21.6. The van der Waals surface area contributed by atoms with Crippen LogP contribution in [0.2, 0.25) is 6.32 Å². The van der Waals surface area contributed by atoms with Crippen molar-refractivity contribution < 1.29 is 24.7 Å². The van der Waals surface area contributed by atoms with Crippen molar-refractivity contribution >= 4 is 19.0 Å². The standard InChI is InChI=1S/C8H15N3O3.C4H11BO2/c9-4-7(12)11-5-1-2-10-6(3-5)8(13)14;1-2-3-4-5(6)7/h5-6,10H,1-4,9H2,(H,11,12)(H,13,14);6-7H,2-4H2,1H3. The third-order valence-electron chi connectivity index (χ3n) is 3.07. The topological polar surface area (TPSA) is 145 Å². The lowest BCUT2D eigenvalue weighted by molar-refractivity contribution is -0.140. The average Bonchev–Trinajstić information content (AvgIpc) is 2.45. The first-order valence-corrected chi connectivity index (χ1v) is 7.22. The Morgan fingerprint density at radius 1 is 1.43 bits per heavy atom. The lowest BCUT2D eigenvalue weighted by atomic mass is 9.84. The van der Waals surface area contributed by atoms with Crippen LogP contribution in [-0.4, -0.2) is 59.3 Å². The van der Waals surface area contributed by atoms with Crippen molar-refractivity contribution in [3.05, 3.63) is 0 Å². The molecular weight excluding hydrogens is 277 g/mol. The van der Waals surface area contributed by atoms with Gasteiger partial charge in [-0.3, -0.25) is 9.59 Å². The highest BCUT2D eigenvalue weighted by molar-refractivity contribution is 6.40. The summed E-state index contributed by atoms with van der Waals surface area (Å²) in [7, 11) is -1.10. The number of hydrogen-bond donors (Lipinski definition) is 6. The highest BCUT2D eigenvalue weighted by atomic mass is 16.4. The van der Waals surface area contributed by atoms with Crippen molar-refractivity contribution in [2.75, 3.05) is 13.1 Å². The smallest absolute Gasteiger partial charge is 0.451 e. The zero-order valence-electron chi connectivity index (χ0n) is 12.4. The Kier molecular flexibility index (Phi) is 10.9. The van der Waals surface area contributed by atoms with E-state index in [1.807, 2.05) is 6.92 Å². The van der Waals surface area contributed by atoms with Crippen LogP contribution in [0.5, 0.6) is 0 Å². The number of piperidine rings is 1. The second-order valence-corrected chi connectivity index (χ2v) is 4.96. The summed E-state index contributed by atoms with van der Waals surface area (Å²) in [6.07, 6.45) is 3.60. The van der Waals surface area contributed by atoms with E-state index in [-0.39, 0.29) is 18.5 Å². The number of amides is 1. The monoisotopic (exact) mass is 303 g/mol. The van der Waals surface area contributed by atoms with E-state index in [2.05, 4.69) is 10.6 Å². The van der Waals surface area contributed by atoms with Gasteiger partial charge in [-0.1, -0.05) is 19.8 Å². The maximum Gasteiger partial charge on any atom is 0.451 e. The maximum atomic E-state index is 11.0. The summed E-state index contributed by atoms with van der Waals surface area (Å²) in [5.74, 6) is -1.11. The summed E-state index contributed by atoms with van der Waals surface area (Å²) in [6, 6.07) is -0.639. The Bertz CT molecular complexity index is 317. The molecule has 0 spiro atoms. The number of carbonyl (C=O) groups excluding carboxylic acids is 1. The molecule has 2 unspecified atom stereocenters. The normalized spacial score (nSPS) is 21.0. The van der Waals surface area contributed by atoms with E-state index in [0.29, 0.717) is 19.3 Å². The molecule has 0 aliphatic carbocycles. The Morgan fingerprint density at radius 3 is 2.52 bits per heavy atom. The number of carbonyl (C=O) groups is 2. The molecule has 0 saturated carbocycles. The summed E-state index contributed by atoms with van der Waals surface area (Å²) in [6.45, 7) is 2.57. The van der Waals surface area contributed by atoms with Gasteiger partial charge in [0, 0.05) is 6.04 Å². The van der Waals surface area contributed by atoms with Crippen molar-refractivity contribution in [3.8, 4) is 0 Å². The number of nitrogens with two attached hydrogens (primary N) is 1.